The van der Waals surface area contributed by atoms with Crippen LogP contribution in [0.25, 0.3) is 5.82 Å². The van der Waals surface area contributed by atoms with Gasteiger partial charge in [0.25, 0.3) is 0 Å². The molecule has 0 fully saturated rings. The molecule has 0 spiro atoms. The Morgan fingerprint density at radius 3 is 2.65 bits per heavy atom. The van der Waals surface area contributed by atoms with Gasteiger partial charge in [-0.3, -0.25) is 0 Å². The zero-order valence-electron chi connectivity index (χ0n) is 8.66. The predicted octanol–water partition coefficient (Wildman–Crippen LogP) is 0.189. The van der Waals surface area contributed by atoms with Crippen molar-refractivity contribution in [1.29, 1.82) is 0 Å². The van der Waals surface area contributed by atoms with E-state index in [1.165, 1.54) is 24.3 Å². The molecule has 0 aromatic carbocycles. The van der Waals surface area contributed by atoms with Crippen LogP contribution < -0.4 is 5.73 Å². The second kappa shape index (κ2) is 4.45. The molecular formula is C8H7BrN6O2. The van der Waals surface area contributed by atoms with Gasteiger partial charge in [0.2, 0.25) is 5.82 Å². The predicted molar refractivity (Wildman–Crippen MR) is 60.4 cm³/mol. The fourth-order valence-corrected chi connectivity index (χ4v) is 1.54. The Morgan fingerprint density at radius 1 is 1.41 bits per heavy atom. The van der Waals surface area contributed by atoms with E-state index < -0.39 is 5.97 Å². The number of anilines is 1. The van der Waals surface area contributed by atoms with Gasteiger partial charge in [0.15, 0.2) is 16.1 Å². The summed E-state index contributed by atoms with van der Waals surface area (Å²) < 4.78 is 4.82. The van der Waals surface area contributed by atoms with E-state index in [0.717, 1.165) is 0 Å². The topological polar surface area (TPSA) is 109 Å². The highest BCUT2D eigenvalue weighted by atomic mass is 79.9. The van der Waals surface area contributed by atoms with Crippen molar-refractivity contribution < 1.29 is 9.53 Å². The summed E-state index contributed by atoms with van der Waals surface area (Å²) in [5, 5.41) is 7.77. The highest BCUT2D eigenvalue weighted by Gasteiger charge is 2.18. The zero-order chi connectivity index (χ0) is 12.4. The minimum Gasteiger partial charge on any atom is -0.464 e. The van der Waals surface area contributed by atoms with Crippen LogP contribution in [-0.4, -0.2) is 38.0 Å². The van der Waals surface area contributed by atoms with Crippen LogP contribution >= 0.6 is 15.9 Å². The molecule has 0 saturated carbocycles. The Bertz CT molecular complexity index is 555. The van der Waals surface area contributed by atoms with Crippen LogP contribution in [0.15, 0.2) is 17.0 Å². The third-order valence-corrected chi connectivity index (χ3v) is 2.38. The Hall–Kier alpha value is -2.03. The molecule has 2 aromatic heterocycles. The van der Waals surface area contributed by atoms with E-state index in [2.05, 4.69) is 40.8 Å². The monoisotopic (exact) mass is 298 g/mol. The lowest BCUT2D eigenvalue weighted by Gasteiger charge is -2.06. The van der Waals surface area contributed by atoms with Gasteiger partial charge in [-0.05, 0) is 15.9 Å². The molecule has 0 bridgehead atoms. The number of nitrogens with two attached hydrogens (primary N) is 1. The van der Waals surface area contributed by atoms with Crippen molar-refractivity contribution in [3.63, 3.8) is 0 Å². The Kier molecular flexibility index (Phi) is 3.00. The van der Waals surface area contributed by atoms with Crippen LogP contribution in [-0.2, 0) is 4.74 Å². The normalized spacial score (nSPS) is 10.2. The maximum absolute atomic E-state index is 11.3. The number of nitrogen functional groups attached to an aromatic ring is 1. The van der Waals surface area contributed by atoms with E-state index in [-0.39, 0.29) is 11.5 Å². The fraction of sp³-hybridized carbons (Fsp3) is 0.125. The number of carbonyl (C=O) groups is 1. The first-order valence-electron chi connectivity index (χ1n) is 4.41. The Labute approximate surface area is 104 Å². The highest BCUT2D eigenvalue weighted by Crippen LogP contribution is 2.19. The zero-order valence-corrected chi connectivity index (χ0v) is 10.2. The van der Waals surface area contributed by atoms with Crippen LogP contribution in [0.4, 0.5) is 5.82 Å². The van der Waals surface area contributed by atoms with Gasteiger partial charge >= 0.3 is 5.97 Å². The summed E-state index contributed by atoms with van der Waals surface area (Å²) in [6, 6.07) is 0. The average Bonchev–Trinajstić information content (AvgIpc) is 2.84. The summed E-state index contributed by atoms with van der Waals surface area (Å²) >= 11 is 3.16. The quantitative estimate of drug-likeness (QED) is 0.788. The minimum atomic E-state index is -0.657. The van der Waals surface area contributed by atoms with Crippen molar-refractivity contribution in [3.8, 4) is 5.82 Å². The Morgan fingerprint density at radius 2 is 2.06 bits per heavy atom. The summed E-state index contributed by atoms with van der Waals surface area (Å²) in [5.41, 5.74) is 5.55. The van der Waals surface area contributed by atoms with Gasteiger partial charge in [0, 0.05) is 0 Å². The highest BCUT2D eigenvalue weighted by molar-refractivity contribution is 9.10. The first kappa shape index (κ1) is 11.5. The molecule has 17 heavy (non-hydrogen) atoms. The number of nitrogens with zero attached hydrogens (tertiary/aromatic N) is 5. The van der Waals surface area contributed by atoms with Crippen LogP contribution in [0.5, 0.6) is 0 Å². The number of aromatic nitrogens is 5. The molecule has 2 aromatic rings. The van der Waals surface area contributed by atoms with Crippen LogP contribution in [0.2, 0.25) is 0 Å². The number of carbonyl (C=O) groups excluding carboxylic acids is 1. The van der Waals surface area contributed by atoms with E-state index in [0.29, 0.717) is 10.4 Å². The number of esters is 1. The van der Waals surface area contributed by atoms with Crippen molar-refractivity contribution >= 4 is 27.7 Å². The summed E-state index contributed by atoms with van der Waals surface area (Å²) in [7, 11) is 1.24. The lowest BCUT2D eigenvalue weighted by molar-refractivity contribution is 0.0594. The third kappa shape index (κ3) is 2.09. The van der Waals surface area contributed by atoms with Crippen molar-refractivity contribution in [1.82, 2.24) is 25.0 Å². The van der Waals surface area contributed by atoms with Gasteiger partial charge < -0.3 is 10.5 Å². The molecule has 88 valence electrons. The minimum absolute atomic E-state index is 0.0487. The van der Waals surface area contributed by atoms with E-state index in [1.807, 2.05) is 0 Å². The van der Waals surface area contributed by atoms with Crippen molar-refractivity contribution in [2.24, 2.45) is 0 Å². The van der Waals surface area contributed by atoms with Crippen LogP contribution in [0.3, 0.4) is 0 Å². The molecule has 2 N–H and O–H groups in total. The number of halogens is 1. The van der Waals surface area contributed by atoms with Gasteiger partial charge in [-0.15, -0.1) is 4.80 Å². The van der Waals surface area contributed by atoms with Crippen LogP contribution in [0, 0.1) is 0 Å². The van der Waals surface area contributed by atoms with Crippen LogP contribution in [0.1, 0.15) is 10.5 Å². The number of hydrogen-bond donors (Lipinski definition) is 1. The standard InChI is InChI=1S/C8H7BrN6O2/c1-17-8(16)4-6(10)14-7(5(9)13-4)15-11-2-3-12-15/h2-3H,1H3,(H2,10,14). The molecule has 0 unspecified atom stereocenters. The number of hydrogen-bond acceptors (Lipinski definition) is 7. The molecule has 0 atom stereocenters. The molecule has 0 aliphatic rings. The second-order valence-corrected chi connectivity index (χ2v) is 3.63. The summed E-state index contributed by atoms with van der Waals surface area (Å²) in [5.74, 6) is -0.414. The molecule has 0 amide bonds. The second-order valence-electron chi connectivity index (χ2n) is 2.88. The lowest BCUT2D eigenvalue weighted by Crippen LogP contribution is -2.14. The molecule has 0 radical (unpaired) electrons. The number of ether oxygens (including phenoxy) is 1. The number of methoxy groups -OCH3 is 1. The molecule has 2 heterocycles. The van der Waals surface area contributed by atoms with Crippen molar-refractivity contribution in [3.05, 3.63) is 22.7 Å². The molecule has 0 aliphatic carbocycles. The largest absolute Gasteiger partial charge is 0.464 e. The molecule has 0 saturated heterocycles. The van der Waals surface area contributed by atoms with Crippen molar-refractivity contribution in [2.45, 2.75) is 0 Å². The molecule has 2 rings (SSSR count). The Balaban J connectivity index is 2.53. The maximum Gasteiger partial charge on any atom is 0.360 e. The smallest absolute Gasteiger partial charge is 0.360 e. The van der Waals surface area contributed by atoms with Gasteiger partial charge in [-0.25, -0.2) is 14.8 Å². The molecule has 9 heteroatoms. The first-order valence-corrected chi connectivity index (χ1v) is 5.20. The molecule has 8 nitrogen and oxygen atoms in total. The molecule has 0 aliphatic heterocycles. The molecular weight excluding hydrogens is 292 g/mol. The van der Waals surface area contributed by atoms with Gasteiger partial charge in [-0.1, -0.05) is 0 Å². The summed E-state index contributed by atoms with van der Waals surface area (Å²) in [6.07, 6.45) is 2.97. The number of rotatable bonds is 2. The first-order chi connectivity index (χ1) is 8.13. The lowest BCUT2D eigenvalue weighted by atomic mass is 10.4. The van der Waals surface area contributed by atoms with Crippen molar-refractivity contribution in [2.75, 3.05) is 12.8 Å². The van der Waals surface area contributed by atoms with E-state index in [9.17, 15) is 4.79 Å². The van der Waals surface area contributed by atoms with E-state index in [1.54, 1.807) is 0 Å². The third-order valence-electron chi connectivity index (χ3n) is 1.85. The average molecular weight is 299 g/mol. The summed E-state index contributed by atoms with van der Waals surface area (Å²) in [4.78, 5) is 20.5. The summed E-state index contributed by atoms with van der Waals surface area (Å²) in [6.45, 7) is 0. The maximum atomic E-state index is 11.3. The van der Waals surface area contributed by atoms with Gasteiger partial charge in [0.1, 0.15) is 0 Å². The van der Waals surface area contributed by atoms with Gasteiger partial charge in [-0.2, -0.15) is 10.2 Å². The van der Waals surface area contributed by atoms with E-state index >= 15 is 0 Å². The van der Waals surface area contributed by atoms with Gasteiger partial charge in [0.05, 0.1) is 19.5 Å². The SMILES string of the molecule is COC(=O)c1nc(Br)c(-n2nccn2)nc1N. The van der Waals surface area contributed by atoms with E-state index in [4.69, 9.17) is 5.73 Å². The fourth-order valence-electron chi connectivity index (χ4n) is 1.12.